The van der Waals surface area contributed by atoms with Gasteiger partial charge in [-0.15, -0.1) is 0 Å². The van der Waals surface area contributed by atoms with Gasteiger partial charge in [0.25, 0.3) is 5.56 Å². The average molecular weight is 412 g/mol. The van der Waals surface area contributed by atoms with Gasteiger partial charge >= 0.3 is 0 Å². The molecule has 0 saturated carbocycles. The average Bonchev–Trinajstić information content (AvgIpc) is 2.71. The van der Waals surface area contributed by atoms with E-state index in [2.05, 4.69) is 4.98 Å². The Hall–Kier alpha value is -2.51. The van der Waals surface area contributed by atoms with Gasteiger partial charge in [-0.05, 0) is 68.5 Å². The third kappa shape index (κ3) is 3.49. The van der Waals surface area contributed by atoms with Crippen molar-refractivity contribution < 1.29 is 8.42 Å². The molecule has 29 heavy (non-hydrogen) atoms. The number of rotatable bonds is 3. The van der Waals surface area contributed by atoms with Gasteiger partial charge in [-0.3, -0.25) is 9.36 Å². The molecule has 0 unspecified atom stereocenters. The molecule has 0 amide bonds. The van der Waals surface area contributed by atoms with E-state index in [4.69, 9.17) is 0 Å². The molecular weight excluding hydrogens is 386 g/mol. The molecule has 0 spiro atoms. The number of aromatic nitrogens is 2. The molecular formula is C22H25N3O3S. The van der Waals surface area contributed by atoms with Crippen LogP contribution in [0.3, 0.4) is 0 Å². The number of fused-ring (bicyclic) bond motifs is 1. The second-order valence-corrected chi connectivity index (χ2v) is 9.75. The molecule has 3 aromatic rings. The summed E-state index contributed by atoms with van der Waals surface area (Å²) in [6.07, 6.45) is 2.78. The predicted molar refractivity (Wildman–Crippen MR) is 114 cm³/mol. The molecule has 0 aliphatic carbocycles. The van der Waals surface area contributed by atoms with Crippen LogP contribution in [0.15, 0.2) is 52.4 Å². The highest BCUT2D eigenvalue weighted by atomic mass is 32.2. The lowest BCUT2D eigenvalue weighted by Crippen LogP contribution is -2.40. The monoisotopic (exact) mass is 411 g/mol. The lowest BCUT2D eigenvalue weighted by atomic mass is 10.1. The molecule has 1 saturated heterocycles. The molecule has 1 fully saturated rings. The summed E-state index contributed by atoms with van der Waals surface area (Å²) in [5.41, 5.74) is 3.67. The summed E-state index contributed by atoms with van der Waals surface area (Å²) in [7, 11) is -3.53. The van der Waals surface area contributed by atoms with Gasteiger partial charge in [-0.1, -0.05) is 18.2 Å². The number of hydrogen-bond acceptors (Lipinski definition) is 4. The number of piperidine rings is 1. The smallest absolute Gasteiger partial charge is 0.261 e. The van der Waals surface area contributed by atoms with Crippen molar-refractivity contribution in [1.29, 1.82) is 0 Å². The van der Waals surface area contributed by atoms with Crippen LogP contribution in [0.4, 0.5) is 0 Å². The van der Waals surface area contributed by atoms with Crippen molar-refractivity contribution in [1.82, 2.24) is 13.9 Å². The molecule has 1 aliphatic rings. The highest BCUT2D eigenvalue weighted by molar-refractivity contribution is 7.89. The second kappa shape index (κ2) is 7.39. The number of benzene rings is 2. The first-order valence-corrected chi connectivity index (χ1v) is 11.3. The van der Waals surface area contributed by atoms with Gasteiger partial charge in [-0.25, -0.2) is 13.4 Å². The van der Waals surface area contributed by atoms with E-state index < -0.39 is 10.0 Å². The van der Waals surface area contributed by atoms with E-state index in [0.717, 1.165) is 22.2 Å². The van der Waals surface area contributed by atoms with Crippen LogP contribution >= 0.6 is 0 Å². The molecule has 4 rings (SSSR count). The van der Waals surface area contributed by atoms with Crippen LogP contribution in [0.25, 0.3) is 10.9 Å². The SMILES string of the molecule is Cc1ccc(S(=O)(=O)N2CCC(n3cnc4c(C)cccc4c3=O)CC2)cc1C. The number of hydrogen-bond donors (Lipinski definition) is 0. The number of sulfonamides is 1. The van der Waals surface area contributed by atoms with Crippen molar-refractivity contribution in [2.24, 2.45) is 0 Å². The zero-order valence-corrected chi connectivity index (χ0v) is 17.7. The zero-order chi connectivity index (χ0) is 20.8. The number of aryl methyl sites for hydroxylation is 3. The summed E-state index contributed by atoms with van der Waals surface area (Å²) < 4.78 is 29.2. The first-order chi connectivity index (χ1) is 13.8. The first kappa shape index (κ1) is 19.8. The van der Waals surface area contributed by atoms with Crippen molar-refractivity contribution in [3.8, 4) is 0 Å². The topological polar surface area (TPSA) is 72.3 Å². The molecule has 0 N–H and O–H groups in total. The van der Waals surface area contributed by atoms with Crippen LogP contribution in [-0.2, 0) is 10.0 Å². The fourth-order valence-corrected chi connectivity index (χ4v) is 5.51. The fraction of sp³-hybridized carbons (Fsp3) is 0.364. The molecule has 2 heterocycles. The van der Waals surface area contributed by atoms with E-state index >= 15 is 0 Å². The van der Waals surface area contributed by atoms with E-state index in [1.54, 1.807) is 29.1 Å². The van der Waals surface area contributed by atoms with Gasteiger partial charge in [0.05, 0.1) is 22.1 Å². The van der Waals surface area contributed by atoms with Gasteiger partial charge in [0, 0.05) is 19.1 Å². The van der Waals surface area contributed by atoms with Crippen molar-refractivity contribution >= 4 is 20.9 Å². The molecule has 2 aromatic carbocycles. The summed E-state index contributed by atoms with van der Waals surface area (Å²) in [6.45, 7) is 6.60. The van der Waals surface area contributed by atoms with Crippen LogP contribution in [0.5, 0.6) is 0 Å². The number of nitrogens with zero attached hydrogens (tertiary/aromatic N) is 3. The Bertz CT molecular complexity index is 1240. The maximum Gasteiger partial charge on any atom is 0.261 e. The van der Waals surface area contributed by atoms with Gasteiger partial charge < -0.3 is 0 Å². The minimum Gasteiger partial charge on any atom is -0.296 e. The third-order valence-corrected chi connectivity index (χ3v) is 7.84. The number of para-hydroxylation sites is 1. The standard InChI is InChI=1S/C22H25N3O3S/c1-15-7-8-19(13-17(15)3)29(27,28)24-11-9-18(10-12-24)25-14-23-21-16(2)5-4-6-20(21)22(25)26/h4-8,13-14,18H,9-12H2,1-3H3. The molecule has 0 bridgehead atoms. The Morgan fingerprint density at radius 2 is 1.69 bits per heavy atom. The Labute approximate surface area is 170 Å². The molecule has 0 atom stereocenters. The van der Waals surface area contributed by atoms with Crippen LogP contribution in [0.1, 0.15) is 35.6 Å². The van der Waals surface area contributed by atoms with E-state index in [1.165, 1.54) is 4.31 Å². The zero-order valence-electron chi connectivity index (χ0n) is 16.9. The van der Waals surface area contributed by atoms with Gasteiger partial charge in [0.2, 0.25) is 10.0 Å². The molecule has 1 aliphatic heterocycles. The lowest BCUT2D eigenvalue weighted by Gasteiger charge is -2.32. The van der Waals surface area contributed by atoms with Crippen LogP contribution in [0.2, 0.25) is 0 Å². The minimum atomic E-state index is -3.53. The van der Waals surface area contributed by atoms with Crippen LogP contribution in [0, 0.1) is 20.8 Å². The summed E-state index contributed by atoms with van der Waals surface area (Å²) in [6, 6.07) is 10.8. The molecule has 7 heteroatoms. The minimum absolute atomic E-state index is 0.0499. The Morgan fingerprint density at radius 1 is 0.966 bits per heavy atom. The fourth-order valence-electron chi connectivity index (χ4n) is 3.96. The summed E-state index contributed by atoms with van der Waals surface area (Å²) in [5.74, 6) is 0. The summed E-state index contributed by atoms with van der Waals surface area (Å²) in [4.78, 5) is 17.8. The maximum atomic E-state index is 13.0. The highest BCUT2D eigenvalue weighted by Gasteiger charge is 2.30. The summed E-state index contributed by atoms with van der Waals surface area (Å²) in [5, 5.41) is 0.609. The summed E-state index contributed by atoms with van der Waals surface area (Å²) >= 11 is 0. The molecule has 152 valence electrons. The molecule has 0 radical (unpaired) electrons. The van der Waals surface area contributed by atoms with Gasteiger partial charge in [0.1, 0.15) is 0 Å². The largest absolute Gasteiger partial charge is 0.296 e. The van der Waals surface area contributed by atoms with E-state index in [1.807, 2.05) is 39.0 Å². The van der Waals surface area contributed by atoms with Crippen molar-refractivity contribution in [3.05, 3.63) is 69.8 Å². The normalized spacial score (nSPS) is 16.4. The first-order valence-electron chi connectivity index (χ1n) is 9.83. The predicted octanol–water partition coefficient (Wildman–Crippen LogP) is 3.35. The Balaban J connectivity index is 1.57. The van der Waals surface area contributed by atoms with Crippen molar-refractivity contribution in [2.75, 3.05) is 13.1 Å². The van der Waals surface area contributed by atoms with Gasteiger partial charge in [0.15, 0.2) is 0 Å². The molecule has 1 aromatic heterocycles. The quantitative estimate of drug-likeness (QED) is 0.663. The second-order valence-electron chi connectivity index (χ2n) is 7.81. The van der Waals surface area contributed by atoms with Crippen LogP contribution in [-0.4, -0.2) is 35.4 Å². The van der Waals surface area contributed by atoms with E-state index in [9.17, 15) is 13.2 Å². The van der Waals surface area contributed by atoms with Gasteiger partial charge in [-0.2, -0.15) is 4.31 Å². The Morgan fingerprint density at radius 3 is 2.38 bits per heavy atom. The lowest BCUT2D eigenvalue weighted by molar-refractivity contribution is 0.269. The Kier molecular flexibility index (Phi) is 5.04. The maximum absolute atomic E-state index is 13.0. The van der Waals surface area contributed by atoms with E-state index in [0.29, 0.717) is 36.2 Å². The molecule has 6 nitrogen and oxygen atoms in total. The highest BCUT2D eigenvalue weighted by Crippen LogP contribution is 2.27. The van der Waals surface area contributed by atoms with Crippen molar-refractivity contribution in [2.45, 2.75) is 44.6 Å². The third-order valence-electron chi connectivity index (χ3n) is 5.95. The van der Waals surface area contributed by atoms with Crippen LogP contribution < -0.4 is 5.56 Å². The van der Waals surface area contributed by atoms with E-state index in [-0.39, 0.29) is 11.6 Å². The van der Waals surface area contributed by atoms with Crippen molar-refractivity contribution in [3.63, 3.8) is 0 Å².